The van der Waals surface area contributed by atoms with Crippen molar-refractivity contribution in [2.75, 3.05) is 16.8 Å². The maximum Gasteiger partial charge on any atom is 0.288 e. The molecular formula is C19H18ClN3O4. The number of nitrogens with one attached hydrogen (secondary N) is 1. The molecule has 1 heterocycles. The van der Waals surface area contributed by atoms with E-state index in [0.29, 0.717) is 18.7 Å². The van der Waals surface area contributed by atoms with Crippen LogP contribution in [0.25, 0.3) is 0 Å². The standard InChI is InChI=1S/C19H18ClN3O4/c1-12-5-7-14(11-16(12)22-9-3-2-4-18(22)24)21-19(25)13-6-8-15(20)17(10-13)23(26)27/h5-8,10-11H,2-4,9H2,1H3,(H,21,25). The number of rotatable bonds is 4. The van der Waals surface area contributed by atoms with E-state index in [0.717, 1.165) is 30.2 Å². The minimum Gasteiger partial charge on any atom is -0.322 e. The van der Waals surface area contributed by atoms with Crippen LogP contribution in [-0.4, -0.2) is 23.3 Å². The maximum absolute atomic E-state index is 12.5. The number of aryl methyl sites for hydroxylation is 1. The number of carbonyl (C=O) groups is 2. The van der Waals surface area contributed by atoms with Crippen LogP contribution in [0, 0.1) is 17.0 Å². The van der Waals surface area contributed by atoms with Crippen LogP contribution in [0.15, 0.2) is 36.4 Å². The van der Waals surface area contributed by atoms with Gasteiger partial charge in [0.05, 0.1) is 4.92 Å². The number of halogens is 1. The molecule has 0 saturated carbocycles. The first-order valence-corrected chi connectivity index (χ1v) is 8.91. The Hall–Kier alpha value is -2.93. The number of piperidine rings is 1. The van der Waals surface area contributed by atoms with Gasteiger partial charge in [-0.05, 0) is 49.6 Å². The Kier molecular flexibility index (Phi) is 5.41. The van der Waals surface area contributed by atoms with Gasteiger partial charge in [-0.25, -0.2) is 0 Å². The van der Waals surface area contributed by atoms with E-state index in [-0.39, 0.29) is 22.2 Å². The van der Waals surface area contributed by atoms with Crippen molar-refractivity contribution in [1.29, 1.82) is 0 Å². The Morgan fingerprint density at radius 2 is 2.00 bits per heavy atom. The zero-order valence-electron chi connectivity index (χ0n) is 14.7. The normalized spacial score (nSPS) is 14.1. The van der Waals surface area contributed by atoms with E-state index in [2.05, 4.69) is 5.32 Å². The molecule has 1 saturated heterocycles. The van der Waals surface area contributed by atoms with Gasteiger partial charge in [0.15, 0.2) is 0 Å². The molecule has 1 aliphatic heterocycles. The van der Waals surface area contributed by atoms with Gasteiger partial charge in [0.1, 0.15) is 5.02 Å². The molecule has 0 bridgehead atoms. The quantitative estimate of drug-likeness (QED) is 0.624. The number of anilines is 2. The average molecular weight is 388 g/mol. The second-order valence-corrected chi connectivity index (χ2v) is 6.79. The van der Waals surface area contributed by atoms with Crippen LogP contribution in [0.3, 0.4) is 0 Å². The highest BCUT2D eigenvalue weighted by atomic mass is 35.5. The molecule has 2 aromatic rings. The number of hydrogen-bond donors (Lipinski definition) is 1. The average Bonchev–Trinajstić information content (AvgIpc) is 2.64. The third-order valence-corrected chi connectivity index (χ3v) is 4.81. The highest BCUT2D eigenvalue weighted by Gasteiger charge is 2.22. The molecular weight excluding hydrogens is 370 g/mol. The molecule has 0 unspecified atom stereocenters. The number of nitro groups is 1. The molecule has 0 atom stereocenters. The molecule has 2 aromatic carbocycles. The molecule has 1 N–H and O–H groups in total. The van der Waals surface area contributed by atoms with Gasteiger partial charge < -0.3 is 10.2 Å². The van der Waals surface area contributed by atoms with Gasteiger partial charge in [0.2, 0.25) is 5.91 Å². The lowest BCUT2D eigenvalue weighted by atomic mass is 10.1. The monoisotopic (exact) mass is 387 g/mol. The SMILES string of the molecule is Cc1ccc(NC(=O)c2ccc(Cl)c([N+](=O)[O-])c2)cc1N1CCCCC1=O. The van der Waals surface area contributed by atoms with E-state index in [9.17, 15) is 19.7 Å². The zero-order valence-corrected chi connectivity index (χ0v) is 15.5. The first-order chi connectivity index (χ1) is 12.9. The van der Waals surface area contributed by atoms with Crippen molar-refractivity contribution in [3.05, 3.63) is 62.7 Å². The van der Waals surface area contributed by atoms with Crippen molar-refractivity contribution in [1.82, 2.24) is 0 Å². The summed E-state index contributed by atoms with van der Waals surface area (Å²) in [5.74, 6) is -0.421. The fraction of sp³-hybridized carbons (Fsp3) is 0.263. The summed E-state index contributed by atoms with van der Waals surface area (Å²) in [6.07, 6.45) is 2.35. The number of amides is 2. The van der Waals surface area contributed by atoms with Crippen LogP contribution in [0.5, 0.6) is 0 Å². The highest BCUT2D eigenvalue weighted by molar-refractivity contribution is 6.32. The summed E-state index contributed by atoms with van der Waals surface area (Å²) >= 11 is 5.78. The van der Waals surface area contributed by atoms with Gasteiger partial charge in [-0.3, -0.25) is 19.7 Å². The minimum absolute atomic E-state index is 0.0298. The largest absolute Gasteiger partial charge is 0.322 e. The predicted molar refractivity (Wildman–Crippen MR) is 103 cm³/mol. The van der Waals surface area contributed by atoms with Gasteiger partial charge in [-0.15, -0.1) is 0 Å². The number of hydrogen-bond acceptors (Lipinski definition) is 4. The molecule has 1 aliphatic rings. The molecule has 0 aliphatic carbocycles. The van der Waals surface area contributed by atoms with E-state index in [1.165, 1.54) is 12.1 Å². The molecule has 7 nitrogen and oxygen atoms in total. The van der Waals surface area contributed by atoms with Crippen molar-refractivity contribution >= 4 is 40.5 Å². The fourth-order valence-corrected chi connectivity index (χ4v) is 3.22. The summed E-state index contributed by atoms with van der Waals surface area (Å²) in [6, 6.07) is 9.20. The predicted octanol–water partition coefficient (Wildman–Crippen LogP) is 4.33. The van der Waals surface area contributed by atoms with E-state index in [1.807, 2.05) is 13.0 Å². The first-order valence-electron chi connectivity index (χ1n) is 8.53. The number of nitrogens with zero attached hydrogens (tertiary/aromatic N) is 2. The Morgan fingerprint density at radius 3 is 2.70 bits per heavy atom. The van der Waals surface area contributed by atoms with Crippen LogP contribution in [0.1, 0.15) is 35.2 Å². The van der Waals surface area contributed by atoms with Crippen LogP contribution < -0.4 is 10.2 Å². The number of carbonyl (C=O) groups excluding carboxylic acids is 2. The Morgan fingerprint density at radius 1 is 1.22 bits per heavy atom. The minimum atomic E-state index is -0.634. The van der Waals surface area contributed by atoms with Gasteiger partial charge in [0, 0.05) is 36.0 Å². The van der Waals surface area contributed by atoms with Crippen LogP contribution in [-0.2, 0) is 4.79 Å². The van der Waals surface area contributed by atoms with Gasteiger partial charge in [0.25, 0.3) is 11.6 Å². The van der Waals surface area contributed by atoms with Gasteiger partial charge in [-0.1, -0.05) is 17.7 Å². The van der Waals surface area contributed by atoms with Crippen molar-refractivity contribution in [3.63, 3.8) is 0 Å². The fourth-order valence-electron chi connectivity index (χ4n) is 3.04. The van der Waals surface area contributed by atoms with E-state index >= 15 is 0 Å². The van der Waals surface area contributed by atoms with Gasteiger partial charge >= 0.3 is 0 Å². The van der Waals surface area contributed by atoms with Crippen LogP contribution >= 0.6 is 11.6 Å². The topological polar surface area (TPSA) is 92.5 Å². The molecule has 140 valence electrons. The van der Waals surface area contributed by atoms with Crippen molar-refractivity contribution in [2.24, 2.45) is 0 Å². The third-order valence-electron chi connectivity index (χ3n) is 4.49. The van der Waals surface area contributed by atoms with Crippen LogP contribution in [0.4, 0.5) is 17.1 Å². The summed E-state index contributed by atoms with van der Waals surface area (Å²) in [5.41, 5.74) is 2.01. The Labute approximate surface area is 161 Å². The smallest absolute Gasteiger partial charge is 0.288 e. The molecule has 1 fully saturated rings. The van der Waals surface area contributed by atoms with E-state index < -0.39 is 10.8 Å². The third kappa shape index (κ3) is 4.09. The second kappa shape index (κ2) is 7.75. The molecule has 0 spiro atoms. The van der Waals surface area contributed by atoms with E-state index in [1.54, 1.807) is 17.0 Å². The summed E-state index contributed by atoms with van der Waals surface area (Å²) in [5, 5.41) is 13.7. The van der Waals surface area contributed by atoms with Crippen molar-refractivity contribution in [2.45, 2.75) is 26.2 Å². The highest BCUT2D eigenvalue weighted by Crippen LogP contribution is 2.29. The first kappa shape index (κ1) is 18.8. The Balaban J connectivity index is 1.84. The lowest BCUT2D eigenvalue weighted by Crippen LogP contribution is -2.35. The van der Waals surface area contributed by atoms with Crippen LogP contribution in [0.2, 0.25) is 5.02 Å². The summed E-state index contributed by atoms with van der Waals surface area (Å²) in [7, 11) is 0. The lowest BCUT2D eigenvalue weighted by Gasteiger charge is -2.28. The second-order valence-electron chi connectivity index (χ2n) is 6.38. The molecule has 0 radical (unpaired) electrons. The van der Waals surface area contributed by atoms with E-state index in [4.69, 9.17) is 11.6 Å². The van der Waals surface area contributed by atoms with Crippen molar-refractivity contribution < 1.29 is 14.5 Å². The summed E-state index contributed by atoms with van der Waals surface area (Å²) < 4.78 is 0. The number of nitro benzene ring substituents is 1. The van der Waals surface area contributed by atoms with Gasteiger partial charge in [-0.2, -0.15) is 0 Å². The lowest BCUT2D eigenvalue weighted by molar-refractivity contribution is -0.384. The molecule has 27 heavy (non-hydrogen) atoms. The molecule has 2 amide bonds. The maximum atomic E-state index is 12.5. The summed E-state index contributed by atoms with van der Waals surface area (Å²) in [4.78, 5) is 36.8. The Bertz CT molecular complexity index is 929. The molecule has 0 aromatic heterocycles. The summed E-state index contributed by atoms with van der Waals surface area (Å²) in [6.45, 7) is 2.56. The zero-order chi connectivity index (χ0) is 19.6. The molecule has 8 heteroatoms. The molecule has 3 rings (SSSR count). The van der Waals surface area contributed by atoms with Crippen molar-refractivity contribution in [3.8, 4) is 0 Å². The number of benzene rings is 2.